The van der Waals surface area contributed by atoms with E-state index in [2.05, 4.69) is 26.0 Å². The average molecular weight is 353 g/mol. The quantitative estimate of drug-likeness (QED) is 0.683. The number of hydrogen-bond donors (Lipinski definition) is 0. The van der Waals surface area contributed by atoms with Gasteiger partial charge in [0.25, 0.3) is 0 Å². The number of halogens is 2. The molecule has 0 amide bonds. The predicted molar refractivity (Wildman–Crippen MR) is 66.6 cm³/mol. The standard InChI is InChI=1S/C8H6BrN3OS.BrH/c9-4-1-2-5-6(7(4)13)12-8(14-5)10-3-11-12;/h3-4H,1-2H2;1H. The van der Waals surface area contributed by atoms with Crippen LogP contribution in [0.2, 0.25) is 0 Å². The number of thiazole rings is 1. The Hall–Kier alpha value is -0.270. The third-order valence-corrected chi connectivity index (χ3v) is 4.33. The summed E-state index contributed by atoms with van der Waals surface area (Å²) in [6.45, 7) is 0. The fourth-order valence-corrected chi connectivity index (χ4v) is 3.17. The van der Waals surface area contributed by atoms with Crippen LogP contribution in [-0.2, 0) is 6.42 Å². The zero-order valence-corrected chi connectivity index (χ0v) is 11.6. The number of carbonyl (C=O) groups is 1. The number of aryl methyl sites for hydroxylation is 1. The van der Waals surface area contributed by atoms with Gasteiger partial charge in [0.05, 0.1) is 4.83 Å². The summed E-state index contributed by atoms with van der Waals surface area (Å²) < 4.78 is 1.65. The molecule has 2 heterocycles. The summed E-state index contributed by atoms with van der Waals surface area (Å²) in [5.41, 5.74) is 0.718. The van der Waals surface area contributed by atoms with Crippen molar-refractivity contribution in [1.29, 1.82) is 0 Å². The molecule has 0 fully saturated rings. The average Bonchev–Trinajstić information content (AvgIpc) is 2.70. The lowest BCUT2D eigenvalue weighted by atomic mass is 10.0. The predicted octanol–water partition coefficient (Wildman–Crippen LogP) is 2.26. The summed E-state index contributed by atoms with van der Waals surface area (Å²) >= 11 is 4.94. The number of hydrogen-bond acceptors (Lipinski definition) is 4. The minimum atomic E-state index is -0.0583. The second-order valence-electron chi connectivity index (χ2n) is 3.20. The third-order valence-electron chi connectivity index (χ3n) is 2.35. The van der Waals surface area contributed by atoms with E-state index in [4.69, 9.17) is 0 Å². The van der Waals surface area contributed by atoms with Gasteiger partial charge in [-0.25, -0.2) is 4.98 Å². The number of nitrogens with zero attached hydrogens (tertiary/aromatic N) is 3. The summed E-state index contributed by atoms with van der Waals surface area (Å²) in [5.74, 6) is 0.128. The maximum atomic E-state index is 11.9. The zero-order valence-electron chi connectivity index (χ0n) is 7.51. The van der Waals surface area contributed by atoms with Gasteiger partial charge in [0, 0.05) is 4.88 Å². The molecule has 0 N–H and O–H groups in total. The van der Waals surface area contributed by atoms with Crippen molar-refractivity contribution in [3.8, 4) is 0 Å². The fraction of sp³-hybridized carbons (Fsp3) is 0.375. The highest BCUT2D eigenvalue weighted by Crippen LogP contribution is 2.31. The number of rotatable bonds is 0. The monoisotopic (exact) mass is 351 g/mol. The molecule has 0 radical (unpaired) electrons. The Balaban J connectivity index is 0.000000853. The summed E-state index contributed by atoms with van der Waals surface area (Å²) in [5, 5.41) is 4.05. The van der Waals surface area contributed by atoms with Crippen LogP contribution < -0.4 is 0 Å². The Morgan fingerprint density at radius 2 is 2.40 bits per heavy atom. The Labute approximate surface area is 109 Å². The van der Waals surface area contributed by atoms with E-state index in [1.807, 2.05) is 0 Å². The van der Waals surface area contributed by atoms with E-state index in [-0.39, 0.29) is 27.6 Å². The van der Waals surface area contributed by atoms with Crippen molar-refractivity contribution in [1.82, 2.24) is 14.6 Å². The van der Waals surface area contributed by atoms with Crippen LogP contribution in [-0.4, -0.2) is 25.2 Å². The van der Waals surface area contributed by atoms with E-state index in [1.165, 1.54) is 6.33 Å². The van der Waals surface area contributed by atoms with Gasteiger partial charge in [-0.15, -0.1) is 17.0 Å². The number of fused-ring (bicyclic) bond motifs is 3. The highest BCUT2D eigenvalue weighted by Gasteiger charge is 2.30. The largest absolute Gasteiger partial charge is 0.291 e. The van der Waals surface area contributed by atoms with Gasteiger partial charge in [-0.1, -0.05) is 27.3 Å². The van der Waals surface area contributed by atoms with Crippen LogP contribution in [0, 0.1) is 0 Å². The smallest absolute Gasteiger partial charge is 0.212 e. The highest BCUT2D eigenvalue weighted by atomic mass is 79.9. The van der Waals surface area contributed by atoms with Crippen LogP contribution in [0.25, 0.3) is 4.96 Å². The van der Waals surface area contributed by atoms with Crippen LogP contribution >= 0.6 is 44.2 Å². The van der Waals surface area contributed by atoms with Gasteiger partial charge in [0.1, 0.15) is 12.0 Å². The second kappa shape index (κ2) is 3.95. The summed E-state index contributed by atoms with van der Waals surface area (Å²) in [4.78, 5) is 17.8. The topological polar surface area (TPSA) is 47.3 Å². The summed E-state index contributed by atoms with van der Waals surface area (Å²) in [7, 11) is 0. The lowest BCUT2D eigenvalue weighted by Crippen LogP contribution is -2.23. The first-order valence-electron chi connectivity index (χ1n) is 4.27. The molecule has 80 valence electrons. The first kappa shape index (κ1) is 11.2. The van der Waals surface area contributed by atoms with Gasteiger partial charge in [-0.3, -0.25) is 4.79 Å². The fourth-order valence-electron chi connectivity index (χ4n) is 1.68. The number of aromatic nitrogens is 3. The molecule has 2 aromatic rings. The molecule has 0 saturated heterocycles. The Bertz CT molecular complexity index is 521. The molecule has 0 aliphatic heterocycles. The van der Waals surface area contributed by atoms with E-state index >= 15 is 0 Å². The van der Waals surface area contributed by atoms with Crippen LogP contribution in [0.1, 0.15) is 21.8 Å². The van der Waals surface area contributed by atoms with Gasteiger partial charge in [0.2, 0.25) is 4.96 Å². The van der Waals surface area contributed by atoms with Crippen LogP contribution in [0.3, 0.4) is 0 Å². The molecule has 0 bridgehead atoms. The number of Topliss-reactive ketones (excluding diaryl/α,β-unsaturated/α-hetero) is 1. The molecule has 0 saturated carbocycles. The van der Waals surface area contributed by atoms with Crippen molar-refractivity contribution in [3.05, 3.63) is 16.9 Å². The summed E-state index contributed by atoms with van der Waals surface area (Å²) in [6.07, 6.45) is 3.29. The number of ketones is 1. The third kappa shape index (κ3) is 1.57. The van der Waals surface area contributed by atoms with Crippen molar-refractivity contribution in [2.24, 2.45) is 0 Å². The molecule has 2 aromatic heterocycles. The van der Waals surface area contributed by atoms with Crippen LogP contribution in [0.4, 0.5) is 0 Å². The van der Waals surface area contributed by atoms with E-state index in [0.29, 0.717) is 0 Å². The second-order valence-corrected chi connectivity index (χ2v) is 5.37. The normalized spacial score (nSPS) is 20.1. The molecule has 4 nitrogen and oxygen atoms in total. The SMILES string of the molecule is Br.O=C1c2c(sc3ncnn23)CCC1Br. The van der Waals surface area contributed by atoms with Crippen molar-refractivity contribution in [2.75, 3.05) is 0 Å². The minimum Gasteiger partial charge on any atom is -0.291 e. The van der Waals surface area contributed by atoms with E-state index < -0.39 is 0 Å². The minimum absolute atomic E-state index is 0. The molecule has 1 aliphatic rings. The Morgan fingerprint density at radius 1 is 1.60 bits per heavy atom. The summed E-state index contributed by atoms with van der Waals surface area (Å²) in [6, 6.07) is 0. The molecular weight excluding hydrogens is 346 g/mol. The van der Waals surface area contributed by atoms with E-state index in [9.17, 15) is 4.79 Å². The molecule has 3 rings (SSSR count). The number of alkyl halides is 1. The maximum Gasteiger partial charge on any atom is 0.212 e. The molecule has 1 atom stereocenters. The van der Waals surface area contributed by atoms with Gasteiger partial charge in [0.15, 0.2) is 5.78 Å². The Kier molecular flexibility index (Phi) is 2.96. The first-order valence-corrected chi connectivity index (χ1v) is 6.00. The molecular formula is C8H7Br2N3OS. The molecule has 7 heteroatoms. The van der Waals surface area contributed by atoms with Crippen LogP contribution in [0.5, 0.6) is 0 Å². The van der Waals surface area contributed by atoms with E-state index in [1.54, 1.807) is 15.9 Å². The first-order chi connectivity index (χ1) is 6.77. The molecule has 0 spiro atoms. The lowest BCUT2D eigenvalue weighted by Gasteiger charge is -2.14. The highest BCUT2D eigenvalue weighted by molar-refractivity contribution is 9.10. The van der Waals surface area contributed by atoms with Crippen molar-refractivity contribution >= 4 is 55.0 Å². The van der Waals surface area contributed by atoms with Gasteiger partial charge >= 0.3 is 0 Å². The van der Waals surface area contributed by atoms with Gasteiger partial charge in [-0.2, -0.15) is 9.61 Å². The van der Waals surface area contributed by atoms with Crippen molar-refractivity contribution in [2.45, 2.75) is 17.7 Å². The maximum absolute atomic E-state index is 11.9. The van der Waals surface area contributed by atoms with Gasteiger partial charge < -0.3 is 0 Å². The molecule has 1 unspecified atom stereocenters. The van der Waals surface area contributed by atoms with Crippen LogP contribution in [0.15, 0.2) is 6.33 Å². The number of carbonyl (C=O) groups excluding carboxylic acids is 1. The van der Waals surface area contributed by atoms with Gasteiger partial charge in [-0.05, 0) is 12.8 Å². The molecule has 0 aromatic carbocycles. The zero-order chi connectivity index (χ0) is 9.71. The van der Waals surface area contributed by atoms with E-state index in [0.717, 1.165) is 28.4 Å². The van der Waals surface area contributed by atoms with Crippen molar-refractivity contribution in [3.63, 3.8) is 0 Å². The molecule has 15 heavy (non-hydrogen) atoms. The lowest BCUT2D eigenvalue weighted by molar-refractivity contribution is 0.0975. The Morgan fingerprint density at radius 3 is 3.20 bits per heavy atom. The molecule has 1 aliphatic carbocycles. The van der Waals surface area contributed by atoms with Crippen molar-refractivity contribution < 1.29 is 4.79 Å².